The van der Waals surface area contributed by atoms with Gasteiger partial charge >= 0.3 is 17.8 Å². The Labute approximate surface area is 204 Å². The summed E-state index contributed by atoms with van der Waals surface area (Å²) in [6, 6.07) is 14.2. The number of carbonyl (C=O) groups is 2. The van der Waals surface area contributed by atoms with E-state index in [1.165, 1.54) is 29.3 Å². The molecule has 2 aliphatic heterocycles. The Hall–Kier alpha value is -3.93. The number of aliphatic hydroxyl groups is 2. The molecule has 0 bridgehead atoms. The minimum Gasteiger partial charge on any atom is -0.486 e. The summed E-state index contributed by atoms with van der Waals surface area (Å²) in [7, 11) is 1.56. The molecule has 5 rings (SSSR count). The summed E-state index contributed by atoms with van der Waals surface area (Å²) < 4.78 is 31.2. The minimum atomic E-state index is -2.13. The van der Waals surface area contributed by atoms with E-state index in [-0.39, 0.29) is 17.9 Å². The van der Waals surface area contributed by atoms with Crippen molar-refractivity contribution < 1.29 is 38.4 Å². The second-order valence-electron chi connectivity index (χ2n) is 8.50. The van der Waals surface area contributed by atoms with Crippen molar-refractivity contribution in [2.75, 3.05) is 13.6 Å². The maximum Gasteiger partial charge on any atom is 0.349 e. The maximum absolute atomic E-state index is 13.8. The van der Waals surface area contributed by atoms with E-state index < -0.39 is 42.0 Å². The van der Waals surface area contributed by atoms with Gasteiger partial charge in [0.25, 0.3) is 0 Å². The van der Waals surface area contributed by atoms with Crippen molar-refractivity contribution in [3.63, 3.8) is 0 Å². The van der Waals surface area contributed by atoms with E-state index in [2.05, 4.69) is 10.2 Å². The van der Waals surface area contributed by atoms with Gasteiger partial charge in [0.15, 0.2) is 12.2 Å². The lowest BCUT2D eigenvalue weighted by Gasteiger charge is -2.38. The molecule has 3 heterocycles. The summed E-state index contributed by atoms with van der Waals surface area (Å²) in [6.45, 7) is 0.196. The first-order valence-corrected chi connectivity index (χ1v) is 11.2. The largest absolute Gasteiger partial charge is 0.486 e. The third-order valence-corrected chi connectivity index (χ3v) is 6.17. The molecule has 2 aliphatic rings. The van der Waals surface area contributed by atoms with Gasteiger partial charge in [-0.3, -0.25) is 0 Å². The first-order chi connectivity index (χ1) is 17.3. The van der Waals surface area contributed by atoms with Crippen molar-refractivity contribution >= 4 is 11.9 Å². The van der Waals surface area contributed by atoms with E-state index in [4.69, 9.17) is 14.2 Å². The number of halogens is 1. The summed E-state index contributed by atoms with van der Waals surface area (Å²) in [5, 5.41) is 28.2. The SMILES string of the molecule is CN1CCC(Oc2cccc(F)c2)c2ccc(-c3cccnn3)cc2C12OC(=O)C(O)C(O)C(=O)O2. The smallest absolute Gasteiger partial charge is 0.349 e. The Morgan fingerprint density at radius 3 is 2.47 bits per heavy atom. The summed E-state index contributed by atoms with van der Waals surface area (Å²) in [5.74, 6) is -4.79. The molecule has 3 aromatic rings. The monoisotopic (exact) mass is 495 g/mol. The minimum absolute atomic E-state index is 0.196. The molecule has 186 valence electrons. The highest BCUT2D eigenvalue weighted by molar-refractivity contribution is 5.87. The molecule has 1 fully saturated rings. The lowest BCUT2D eigenvalue weighted by atomic mass is 9.95. The van der Waals surface area contributed by atoms with Gasteiger partial charge in [0.05, 0.1) is 11.3 Å². The van der Waals surface area contributed by atoms with Crippen LogP contribution in [0.1, 0.15) is 23.7 Å². The number of aliphatic hydroxyl groups excluding tert-OH is 2. The van der Waals surface area contributed by atoms with Crippen LogP contribution in [0.5, 0.6) is 5.75 Å². The van der Waals surface area contributed by atoms with Gasteiger partial charge in [-0.05, 0) is 37.4 Å². The van der Waals surface area contributed by atoms with Crippen LogP contribution in [-0.2, 0) is 25.0 Å². The first-order valence-electron chi connectivity index (χ1n) is 11.2. The number of carbonyl (C=O) groups excluding carboxylic acids is 2. The molecule has 3 atom stereocenters. The van der Waals surface area contributed by atoms with Gasteiger partial charge in [-0.1, -0.05) is 18.2 Å². The normalized spacial score (nSPS) is 26.4. The van der Waals surface area contributed by atoms with Crippen molar-refractivity contribution in [3.05, 3.63) is 77.7 Å². The van der Waals surface area contributed by atoms with E-state index >= 15 is 0 Å². The topological polar surface area (TPSA) is 131 Å². The molecule has 10 nitrogen and oxygen atoms in total. The van der Waals surface area contributed by atoms with Crippen LogP contribution in [0, 0.1) is 5.82 Å². The molecule has 2 N–H and O–H groups in total. The zero-order valence-electron chi connectivity index (χ0n) is 19.1. The predicted molar refractivity (Wildman–Crippen MR) is 120 cm³/mol. The molecule has 3 unspecified atom stereocenters. The number of fused-ring (bicyclic) bond motifs is 2. The van der Waals surface area contributed by atoms with Gasteiger partial charge in [0.2, 0.25) is 0 Å². The van der Waals surface area contributed by atoms with Gasteiger partial charge < -0.3 is 24.4 Å². The zero-order valence-corrected chi connectivity index (χ0v) is 19.1. The number of hydrogen-bond donors (Lipinski definition) is 2. The van der Waals surface area contributed by atoms with Gasteiger partial charge in [-0.2, -0.15) is 10.2 Å². The molecule has 2 aromatic carbocycles. The highest BCUT2D eigenvalue weighted by Crippen LogP contribution is 2.44. The first kappa shape index (κ1) is 23.8. The summed E-state index contributed by atoms with van der Waals surface area (Å²) >= 11 is 0. The van der Waals surface area contributed by atoms with Crippen molar-refractivity contribution in [1.29, 1.82) is 0 Å². The van der Waals surface area contributed by atoms with Crippen LogP contribution in [0.4, 0.5) is 4.39 Å². The quantitative estimate of drug-likeness (QED) is 0.517. The lowest BCUT2D eigenvalue weighted by Crippen LogP contribution is -2.50. The molecule has 0 radical (unpaired) electrons. The van der Waals surface area contributed by atoms with Crippen LogP contribution in [0.15, 0.2) is 60.8 Å². The van der Waals surface area contributed by atoms with E-state index in [1.54, 1.807) is 43.4 Å². The highest BCUT2D eigenvalue weighted by atomic mass is 19.1. The Morgan fingerprint density at radius 2 is 1.81 bits per heavy atom. The zero-order chi connectivity index (χ0) is 25.4. The maximum atomic E-state index is 13.8. The molecule has 0 saturated carbocycles. The van der Waals surface area contributed by atoms with E-state index in [0.717, 1.165) is 0 Å². The molecule has 1 aromatic heterocycles. The van der Waals surface area contributed by atoms with Gasteiger partial charge in [0.1, 0.15) is 17.7 Å². The Bertz CT molecular complexity index is 1280. The van der Waals surface area contributed by atoms with E-state index in [1.807, 2.05) is 0 Å². The summed E-state index contributed by atoms with van der Waals surface area (Å²) in [6.07, 6.45) is -3.05. The molecule has 1 saturated heterocycles. The molecule has 0 amide bonds. The standard InChI is InChI=1S/C25H22FN3O7/c1-29-11-9-20(34-16-5-2-4-15(26)13-16)17-8-7-14(19-6-3-10-27-28-19)12-18(17)25(29)35-23(32)21(30)22(31)24(33)36-25/h2-8,10,12-13,20-22,30-31H,9,11H2,1H3. The molecule has 0 aliphatic carbocycles. The number of benzene rings is 2. The van der Waals surface area contributed by atoms with E-state index in [9.17, 15) is 24.2 Å². The van der Waals surface area contributed by atoms with E-state index in [0.29, 0.717) is 23.2 Å². The van der Waals surface area contributed by atoms with Gasteiger partial charge in [-0.25, -0.2) is 18.9 Å². The van der Waals surface area contributed by atoms with Gasteiger partial charge in [-0.15, -0.1) is 0 Å². The molecule has 11 heteroatoms. The van der Waals surface area contributed by atoms with Crippen molar-refractivity contribution in [3.8, 4) is 17.0 Å². The highest BCUT2D eigenvalue weighted by Gasteiger charge is 2.55. The number of nitrogens with zero attached hydrogens (tertiary/aromatic N) is 3. The molecular formula is C25H22FN3O7. The molecule has 1 spiro atoms. The number of rotatable bonds is 3. The van der Waals surface area contributed by atoms with Crippen molar-refractivity contribution in [2.45, 2.75) is 30.6 Å². The third-order valence-electron chi connectivity index (χ3n) is 6.17. The number of hydrogen-bond acceptors (Lipinski definition) is 10. The lowest BCUT2D eigenvalue weighted by molar-refractivity contribution is -0.288. The third kappa shape index (κ3) is 4.17. The number of esters is 2. The molecule has 36 heavy (non-hydrogen) atoms. The van der Waals surface area contributed by atoms with Crippen LogP contribution in [0.25, 0.3) is 11.3 Å². The number of ether oxygens (including phenoxy) is 3. The van der Waals surface area contributed by atoms with Crippen molar-refractivity contribution in [1.82, 2.24) is 15.1 Å². The molecular weight excluding hydrogens is 473 g/mol. The fourth-order valence-corrected chi connectivity index (χ4v) is 4.31. The second kappa shape index (κ2) is 9.26. The fourth-order valence-electron chi connectivity index (χ4n) is 4.31. The van der Waals surface area contributed by atoms with Crippen LogP contribution in [0.3, 0.4) is 0 Å². The van der Waals surface area contributed by atoms with Crippen LogP contribution in [0.2, 0.25) is 0 Å². The average molecular weight is 495 g/mol. The summed E-state index contributed by atoms with van der Waals surface area (Å²) in [4.78, 5) is 26.9. The van der Waals surface area contributed by atoms with Crippen LogP contribution >= 0.6 is 0 Å². The number of aromatic nitrogens is 2. The summed E-state index contributed by atoms with van der Waals surface area (Å²) in [5.41, 5.74) is 1.77. The van der Waals surface area contributed by atoms with Crippen LogP contribution in [-0.4, -0.2) is 63.0 Å². The predicted octanol–water partition coefficient (Wildman–Crippen LogP) is 1.67. The van der Waals surface area contributed by atoms with Crippen molar-refractivity contribution in [2.24, 2.45) is 0 Å². The Kier molecular flexibility index (Phi) is 6.12. The van der Waals surface area contributed by atoms with Gasteiger partial charge in [0, 0.05) is 36.4 Å². The average Bonchev–Trinajstić information content (AvgIpc) is 3.04. The Balaban J connectivity index is 1.69. The van der Waals surface area contributed by atoms with Crippen LogP contribution < -0.4 is 4.74 Å². The second-order valence-corrected chi connectivity index (χ2v) is 8.50. The Morgan fingerprint density at radius 1 is 1.06 bits per heavy atom. The fraction of sp³-hybridized carbons (Fsp3) is 0.280.